The summed E-state index contributed by atoms with van der Waals surface area (Å²) in [7, 11) is 0. The lowest BCUT2D eigenvalue weighted by molar-refractivity contribution is 0.601. The molecule has 0 amide bonds. The Morgan fingerprint density at radius 1 is 1.07 bits per heavy atom. The number of benzene rings is 2. The second-order valence-corrected chi connectivity index (χ2v) is 4.50. The van der Waals surface area contributed by atoms with E-state index in [1.165, 1.54) is 0 Å². The van der Waals surface area contributed by atoms with E-state index >= 15 is 0 Å². The van der Waals surface area contributed by atoms with Crippen molar-refractivity contribution < 1.29 is 4.55 Å². The molecule has 0 heterocycles. The molecule has 0 saturated heterocycles. The number of rotatable bonds is 1. The van der Waals surface area contributed by atoms with Crippen molar-refractivity contribution in [2.75, 3.05) is 12.0 Å². The molecule has 1 atom stereocenters. The molecule has 0 saturated carbocycles. The molecule has 0 aromatic heterocycles. The van der Waals surface area contributed by atoms with E-state index < -0.39 is 11.2 Å². The Kier molecular flexibility index (Phi) is 2.35. The third kappa shape index (κ3) is 1.45. The van der Waals surface area contributed by atoms with Gasteiger partial charge in [0.05, 0.1) is 0 Å². The minimum absolute atomic E-state index is 0.731. The van der Waals surface area contributed by atoms with Crippen LogP contribution in [0.15, 0.2) is 41.3 Å². The standard InChI is InChI=1S/C11H11NOS/c1-14(13)11-7-3-4-8-9(11)5-2-6-10(8)12/h2-7H,12H2,1H3. The minimum Gasteiger partial charge on any atom is -0.612 e. The van der Waals surface area contributed by atoms with Gasteiger partial charge in [-0.1, -0.05) is 18.2 Å². The summed E-state index contributed by atoms with van der Waals surface area (Å²) in [6.07, 6.45) is 1.68. The summed E-state index contributed by atoms with van der Waals surface area (Å²) in [5.41, 5.74) is 6.56. The number of hydrogen-bond acceptors (Lipinski definition) is 2. The Bertz CT molecular complexity index is 468. The highest BCUT2D eigenvalue weighted by Crippen LogP contribution is 2.26. The Morgan fingerprint density at radius 3 is 2.43 bits per heavy atom. The summed E-state index contributed by atoms with van der Waals surface area (Å²) >= 11 is -0.967. The first-order valence-electron chi connectivity index (χ1n) is 4.31. The highest BCUT2D eigenvalue weighted by Gasteiger charge is 2.09. The highest BCUT2D eigenvalue weighted by molar-refractivity contribution is 7.91. The molecule has 0 spiro atoms. The first-order valence-corrected chi connectivity index (χ1v) is 5.86. The first kappa shape index (κ1) is 9.37. The SMILES string of the molecule is C[S+]([O-])c1cccc2c(N)cccc12. The molecular formula is C11H11NOS. The molecule has 0 aliphatic rings. The van der Waals surface area contributed by atoms with Crippen molar-refractivity contribution in [2.24, 2.45) is 0 Å². The zero-order valence-corrected chi connectivity index (χ0v) is 8.67. The monoisotopic (exact) mass is 205 g/mol. The summed E-state index contributed by atoms with van der Waals surface area (Å²) in [5, 5.41) is 1.95. The average molecular weight is 205 g/mol. The van der Waals surface area contributed by atoms with Gasteiger partial charge in [0.15, 0.2) is 4.90 Å². The van der Waals surface area contributed by atoms with E-state index in [4.69, 9.17) is 5.73 Å². The maximum atomic E-state index is 11.4. The van der Waals surface area contributed by atoms with Gasteiger partial charge >= 0.3 is 0 Å². The second-order valence-electron chi connectivity index (χ2n) is 3.15. The van der Waals surface area contributed by atoms with Crippen LogP contribution in [0.4, 0.5) is 5.69 Å². The molecule has 3 heteroatoms. The minimum atomic E-state index is -0.967. The summed E-state index contributed by atoms with van der Waals surface area (Å²) in [6.45, 7) is 0. The van der Waals surface area contributed by atoms with E-state index in [2.05, 4.69) is 0 Å². The van der Waals surface area contributed by atoms with Crippen LogP contribution >= 0.6 is 0 Å². The predicted octanol–water partition coefficient (Wildman–Crippen LogP) is 2.16. The molecule has 0 aliphatic carbocycles. The van der Waals surface area contributed by atoms with Gasteiger partial charge in [-0.25, -0.2) is 0 Å². The molecule has 0 bridgehead atoms. The third-order valence-corrected chi connectivity index (χ3v) is 3.20. The summed E-state index contributed by atoms with van der Waals surface area (Å²) in [6, 6.07) is 11.4. The molecule has 2 N–H and O–H groups in total. The molecule has 2 nitrogen and oxygen atoms in total. The van der Waals surface area contributed by atoms with Crippen LogP contribution < -0.4 is 5.73 Å². The molecule has 0 radical (unpaired) electrons. The Balaban J connectivity index is 2.81. The van der Waals surface area contributed by atoms with E-state index in [1.54, 1.807) is 6.26 Å². The van der Waals surface area contributed by atoms with Crippen molar-refractivity contribution in [3.8, 4) is 0 Å². The van der Waals surface area contributed by atoms with Gasteiger partial charge in [-0.2, -0.15) is 0 Å². The molecule has 72 valence electrons. The van der Waals surface area contributed by atoms with E-state index in [0.29, 0.717) is 0 Å². The predicted molar refractivity (Wildman–Crippen MR) is 60.7 cm³/mol. The van der Waals surface area contributed by atoms with E-state index in [0.717, 1.165) is 21.4 Å². The maximum Gasteiger partial charge on any atom is 0.160 e. The number of fused-ring (bicyclic) bond motifs is 1. The Labute approximate surface area is 85.9 Å². The number of hydrogen-bond donors (Lipinski definition) is 1. The van der Waals surface area contributed by atoms with Gasteiger partial charge in [-0.15, -0.1) is 0 Å². The van der Waals surface area contributed by atoms with Gasteiger partial charge in [0.2, 0.25) is 0 Å². The summed E-state index contributed by atoms with van der Waals surface area (Å²) < 4.78 is 11.4. The molecule has 2 rings (SSSR count). The van der Waals surface area contributed by atoms with Crippen LogP contribution in [-0.2, 0) is 11.2 Å². The maximum absolute atomic E-state index is 11.4. The summed E-state index contributed by atoms with van der Waals surface area (Å²) in [5.74, 6) is 0. The van der Waals surface area contributed by atoms with Gasteiger partial charge in [-0.3, -0.25) is 0 Å². The fraction of sp³-hybridized carbons (Fsp3) is 0.0909. The van der Waals surface area contributed by atoms with Gasteiger partial charge in [-0.05, 0) is 29.4 Å². The van der Waals surface area contributed by atoms with Gasteiger partial charge in [0, 0.05) is 16.5 Å². The molecular weight excluding hydrogens is 194 g/mol. The van der Waals surface area contributed by atoms with Crippen molar-refractivity contribution in [3.05, 3.63) is 36.4 Å². The molecule has 2 aromatic carbocycles. The van der Waals surface area contributed by atoms with Crippen LogP contribution in [0, 0.1) is 0 Å². The zero-order valence-electron chi connectivity index (χ0n) is 7.86. The number of nitrogen functional groups attached to an aromatic ring is 1. The first-order chi connectivity index (χ1) is 6.70. The largest absolute Gasteiger partial charge is 0.612 e. The van der Waals surface area contributed by atoms with E-state index in [-0.39, 0.29) is 0 Å². The smallest absolute Gasteiger partial charge is 0.160 e. The lowest BCUT2D eigenvalue weighted by atomic mass is 10.1. The summed E-state index contributed by atoms with van der Waals surface area (Å²) in [4.78, 5) is 0.842. The van der Waals surface area contributed by atoms with Crippen molar-refractivity contribution in [1.29, 1.82) is 0 Å². The fourth-order valence-electron chi connectivity index (χ4n) is 1.56. The molecule has 1 unspecified atom stereocenters. The molecule has 0 fully saturated rings. The zero-order chi connectivity index (χ0) is 10.1. The van der Waals surface area contributed by atoms with Gasteiger partial charge < -0.3 is 10.3 Å². The Hall–Kier alpha value is -1.19. The highest BCUT2D eigenvalue weighted by atomic mass is 32.2. The van der Waals surface area contributed by atoms with Crippen molar-refractivity contribution >= 4 is 27.6 Å². The van der Waals surface area contributed by atoms with Crippen molar-refractivity contribution in [3.63, 3.8) is 0 Å². The second kappa shape index (κ2) is 3.52. The number of nitrogens with two attached hydrogens (primary N) is 1. The van der Waals surface area contributed by atoms with Crippen molar-refractivity contribution in [2.45, 2.75) is 4.90 Å². The van der Waals surface area contributed by atoms with Gasteiger partial charge in [0.1, 0.15) is 6.26 Å². The number of anilines is 1. The lowest BCUT2D eigenvalue weighted by Crippen LogP contribution is -1.98. The van der Waals surface area contributed by atoms with Crippen LogP contribution in [0.25, 0.3) is 10.8 Å². The van der Waals surface area contributed by atoms with Crippen LogP contribution in [0.3, 0.4) is 0 Å². The van der Waals surface area contributed by atoms with E-state index in [9.17, 15) is 4.55 Å². The molecule has 0 aliphatic heterocycles. The normalized spacial score (nSPS) is 13.0. The van der Waals surface area contributed by atoms with Crippen LogP contribution in [0.1, 0.15) is 0 Å². The average Bonchev–Trinajstić information content (AvgIpc) is 2.17. The van der Waals surface area contributed by atoms with E-state index in [1.807, 2.05) is 36.4 Å². The van der Waals surface area contributed by atoms with Crippen LogP contribution in [0.5, 0.6) is 0 Å². The molecule has 2 aromatic rings. The van der Waals surface area contributed by atoms with Gasteiger partial charge in [0.25, 0.3) is 0 Å². The third-order valence-electron chi connectivity index (χ3n) is 2.23. The topological polar surface area (TPSA) is 49.1 Å². The fourth-order valence-corrected chi connectivity index (χ4v) is 2.31. The lowest BCUT2D eigenvalue weighted by Gasteiger charge is -2.08. The van der Waals surface area contributed by atoms with Crippen molar-refractivity contribution in [1.82, 2.24) is 0 Å². The molecule has 14 heavy (non-hydrogen) atoms. The quantitative estimate of drug-likeness (QED) is 0.573. The Morgan fingerprint density at radius 2 is 1.71 bits per heavy atom. The van der Waals surface area contributed by atoms with Crippen LogP contribution in [-0.4, -0.2) is 10.8 Å². The van der Waals surface area contributed by atoms with Crippen LogP contribution in [0.2, 0.25) is 0 Å².